The van der Waals surface area contributed by atoms with Crippen LogP contribution in [0.25, 0.3) is 10.2 Å². The first-order valence-electron chi connectivity index (χ1n) is 9.13. The molecule has 0 radical (unpaired) electrons. The SMILES string of the molecule is CC[NH+]1CCN(C(=O)[C@@H](C)SCc2nc3sc(C)c(C)c3c(=O)[nH]2)CC1. The number of aromatic nitrogens is 2. The first-order chi connectivity index (χ1) is 12.4. The predicted molar refractivity (Wildman–Crippen MR) is 108 cm³/mol. The van der Waals surface area contributed by atoms with Gasteiger partial charge in [0, 0.05) is 4.88 Å². The number of quaternary nitrogens is 1. The molecule has 2 N–H and O–H groups in total. The Labute approximate surface area is 162 Å². The quantitative estimate of drug-likeness (QED) is 0.792. The second kappa shape index (κ2) is 8.10. The molecule has 2 aromatic rings. The van der Waals surface area contributed by atoms with Gasteiger partial charge in [0.2, 0.25) is 5.91 Å². The molecule has 0 unspecified atom stereocenters. The Kier molecular flexibility index (Phi) is 6.04. The molecule has 1 aliphatic heterocycles. The number of fused-ring (bicyclic) bond motifs is 1. The number of thioether (sulfide) groups is 1. The second-order valence-corrected chi connectivity index (χ2v) is 9.39. The summed E-state index contributed by atoms with van der Waals surface area (Å²) in [7, 11) is 0. The van der Waals surface area contributed by atoms with E-state index in [1.54, 1.807) is 28.0 Å². The lowest BCUT2D eigenvalue weighted by atomic mass is 10.2. The normalized spacial score (nSPS) is 17.0. The van der Waals surface area contributed by atoms with E-state index in [0.29, 0.717) is 17.0 Å². The number of aryl methyl sites for hydroxylation is 2. The third-order valence-electron chi connectivity index (χ3n) is 5.19. The highest BCUT2D eigenvalue weighted by atomic mass is 32.2. The third-order valence-corrected chi connectivity index (χ3v) is 7.43. The summed E-state index contributed by atoms with van der Waals surface area (Å²) in [6.07, 6.45) is 0. The summed E-state index contributed by atoms with van der Waals surface area (Å²) in [5.41, 5.74) is 0.931. The summed E-state index contributed by atoms with van der Waals surface area (Å²) in [5, 5.41) is 0.563. The van der Waals surface area contributed by atoms with Gasteiger partial charge in [-0.05, 0) is 33.3 Å². The molecule has 1 amide bonds. The molecule has 0 aliphatic carbocycles. The lowest BCUT2D eigenvalue weighted by Gasteiger charge is -2.33. The lowest BCUT2D eigenvalue weighted by molar-refractivity contribution is -0.902. The maximum atomic E-state index is 12.6. The topological polar surface area (TPSA) is 70.5 Å². The van der Waals surface area contributed by atoms with Crippen LogP contribution in [0.3, 0.4) is 0 Å². The van der Waals surface area contributed by atoms with Crippen molar-refractivity contribution in [2.75, 3.05) is 32.7 Å². The maximum absolute atomic E-state index is 12.6. The smallest absolute Gasteiger partial charge is 0.259 e. The number of amides is 1. The molecule has 1 atom stereocenters. The molecule has 1 saturated heterocycles. The number of rotatable bonds is 5. The average Bonchev–Trinajstić information content (AvgIpc) is 2.93. The molecule has 6 nitrogen and oxygen atoms in total. The van der Waals surface area contributed by atoms with Gasteiger partial charge in [0.25, 0.3) is 5.56 Å². The number of H-pyrrole nitrogens is 1. The molecule has 26 heavy (non-hydrogen) atoms. The Morgan fingerprint density at radius 3 is 2.73 bits per heavy atom. The average molecular weight is 396 g/mol. The van der Waals surface area contributed by atoms with Gasteiger partial charge in [-0.1, -0.05) is 0 Å². The molecule has 0 spiro atoms. The zero-order valence-corrected chi connectivity index (χ0v) is 17.5. The Balaban J connectivity index is 1.62. The number of hydrogen-bond donors (Lipinski definition) is 2. The maximum Gasteiger partial charge on any atom is 0.259 e. The summed E-state index contributed by atoms with van der Waals surface area (Å²) < 4.78 is 0. The molecule has 2 aromatic heterocycles. The fourth-order valence-electron chi connectivity index (χ4n) is 3.30. The Hall–Kier alpha value is -1.38. The zero-order chi connectivity index (χ0) is 18.8. The predicted octanol–water partition coefficient (Wildman–Crippen LogP) is 0.970. The van der Waals surface area contributed by atoms with E-state index in [4.69, 9.17) is 0 Å². The van der Waals surface area contributed by atoms with Crippen LogP contribution in [0.5, 0.6) is 0 Å². The van der Waals surface area contributed by atoms with Crippen molar-refractivity contribution >= 4 is 39.2 Å². The molecule has 3 heterocycles. The number of hydrogen-bond acceptors (Lipinski definition) is 5. The lowest BCUT2D eigenvalue weighted by Crippen LogP contribution is -3.14. The fourth-order valence-corrected chi connectivity index (χ4v) is 5.18. The standard InChI is InChI=1S/C18H26N4O2S2/c1-5-21-6-8-22(9-7-21)18(24)13(4)25-10-14-19-16(23)15-11(2)12(3)26-17(15)20-14/h13H,5-10H2,1-4H3,(H,19,20,23)/p+1/t13-/m1/s1. The van der Waals surface area contributed by atoms with Crippen LogP contribution < -0.4 is 10.5 Å². The number of likely N-dealkylation sites (N-methyl/N-ethyl adjacent to an activating group) is 1. The molecule has 0 aromatic carbocycles. The van der Waals surface area contributed by atoms with Crippen molar-refractivity contribution in [2.45, 2.75) is 38.7 Å². The van der Waals surface area contributed by atoms with Gasteiger partial charge in [-0.2, -0.15) is 0 Å². The van der Waals surface area contributed by atoms with Gasteiger partial charge in [0.15, 0.2) is 0 Å². The first-order valence-corrected chi connectivity index (χ1v) is 11.0. The van der Waals surface area contributed by atoms with Gasteiger partial charge >= 0.3 is 0 Å². The van der Waals surface area contributed by atoms with Crippen LogP contribution in [0, 0.1) is 13.8 Å². The van der Waals surface area contributed by atoms with Crippen LogP contribution in [-0.4, -0.2) is 58.7 Å². The van der Waals surface area contributed by atoms with Crippen LogP contribution >= 0.6 is 23.1 Å². The van der Waals surface area contributed by atoms with Crippen molar-refractivity contribution < 1.29 is 9.69 Å². The van der Waals surface area contributed by atoms with E-state index in [1.807, 2.05) is 25.7 Å². The minimum Gasteiger partial charge on any atom is -0.332 e. The van der Waals surface area contributed by atoms with Gasteiger partial charge in [0.05, 0.1) is 49.1 Å². The van der Waals surface area contributed by atoms with E-state index >= 15 is 0 Å². The largest absolute Gasteiger partial charge is 0.332 e. The van der Waals surface area contributed by atoms with Crippen molar-refractivity contribution in [3.8, 4) is 0 Å². The summed E-state index contributed by atoms with van der Waals surface area (Å²) in [6.45, 7) is 13.0. The van der Waals surface area contributed by atoms with Gasteiger partial charge in [-0.3, -0.25) is 9.59 Å². The van der Waals surface area contributed by atoms with E-state index < -0.39 is 0 Å². The van der Waals surface area contributed by atoms with E-state index in [1.165, 1.54) is 0 Å². The van der Waals surface area contributed by atoms with Gasteiger partial charge in [0.1, 0.15) is 10.7 Å². The second-order valence-electron chi connectivity index (χ2n) is 6.86. The molecule has 3 rings (SSSR count). The zero-order valence-electron chi connectivity index (χ0n) is 15.8. The van der Waals surface area contributed by atoms with E-state index in [-0.39, 0.29) is 16.7 Å². The van der Waals surface area contributed by atoms with Crippen LogP contribution in [0.15, 0.2) is 4.79 Å². The Bertz CT molecular complexity index is 853. The Morgan fingerprint density at radius 2 is 2.08 bits per heavy atom. The summed E-state index contributed by atoms with van der Waals surface area (Å²) in [4.78, 5) is 37.9. The van der Waals surface area contributed by atoms with Crippen molar-refractivity contribution in [3.05, 3.63) is 26.6 Å². The highest BCUT2D eigenvalue weighted by Crippen LogP contribution is 2.26. The van der Waals surface area contributed by atoms with Crippen LogP contribution in [0.1, 0.15) is 30.1 Å². The number of carbonyl (C=O) groups is 1. The monoisotopic (exact) mass is 395 g/mol. The van der Waals surface area contributed by atoms with Crippen molar-refractivity contribution in [3.63, 3.8) is 0 Å². The highest BCUT2D eigenvalue weighted by Gasteiger charge is 2.26. The molecular weight excluding hydrogens is 368 g/mol. The number of aromatic amines is 1. The number of nitrogens with one attached hydrogen (secondary N) is 2. The summed E-state index contributed by atoms with van der Waals surface area (Å²) >= 11 is 3.09. The number of thiophene rings is 1. The van der Waals surface area contributed by atoms with E-state index in [0.717, 1.165) is 48.0 Å². The van der Waals surface area contributed by atoms with E-state index in [9.17, 15) is 9.59 Å². The van der Waals surface area contributed by atoms with Gasteiger partial charge in [-0.15, -0.1) is 23.1 Å². The van der Waals surface area contributed by atoms with E-state index in [2.05, 4.69) is 16.9 Å². The van der Waals surface area contributed by atoms with Crippen molar-refractivity contribution in [1.82, 2.24) is 14.9 Å². The molecule has 8 heteroatoms. The molecule has 142 valence electrons. The van der Waals surface area contributed by atoms with Crippen molar-refractivity contribution in [2.24, 2.45) is 0 Å². The van der Waals surface area contributed by atoms with Gasteiger partial charge < -0.3 is 14.8 Å². The molecule has 0 saturated carbocycles. The highest BCUT2D eigenvalue weighted by molar-refractivity contribution is 7.99. The minimum absolute atomic E-state index is 0.0786. The molecule has 1 aliphatic rings. The number of carbonyl (C=O) groups excluding carboxylic acids is 1. The number of piperazine rings is 1. The first kappa shape index (κ1) is 19.4. The summed E-state index contributed by atoms with van der Waals surface area (Å²) in [5.74, 6) is 1.37. The Morgan fingerprint density at radius 1 is 1.38 bits per heavy atom. The van der Waals surface area contributed by atoms with Crippen LogP contribution in [0.4, 0.5) is 0 Å². The summed E-state index contributed by atoms with van der Waals surface area (Å²) in [6, 6.07) is 0. The van der Waals surface area contributed by atoms with Gasteiger partial charge in [-0.25, -0.2) is 4.98 Å². The molecule has 0 bridgehead atoms. The van der Waals surface area contributed by atoms with Crippen LogP contribution in [0.2, 0.25) is 0 Å². The molecule has 1 fully saturated rings. The van der Waals surface area contributed by atoms with Crippen molar-refractivity contribution in [1.29, 1.82) is 0 Å². The third kappa shape index (κ3) is 3.97. The number of nitrogens with zero attached hydrogens (tertiary/aromatic N) is 2. The minimum atomic E-state index is -0.133. The molecular formula is C18H27N4O2S2+. The van der Waals surface area contributed by atoms with Crippen LogP contribution in [-0.2, 0) is 10.5 Å². The fraction of sp³-hybridized carbons (Fsp3) is 0.611.